The van der Waals surface area contributed by atoms with Crippen molar-refractivity contribution >= 4 is 0 Å². The Labute approximate surface area is 89.9 Å². The van der Waals surface area contributed by atoms with Crippen molar-refractivity contribution in [3.63, 3.8) is 0 Å². The third kappa shape index (κ3) is 2.73. The van der Waals surface area contributed by atoms with E-state index in [9.17, 15) is 0 Å². The van der Waals surface area contributed by atoms with Crippen LogP contribution >= 0.6 is 0 Å². The standard InChI is InChI=1S/C11H17N3O/c12-4-3-9-6-13-11(14-7-9)10-2-1-5-15-8-10/h6-7,10H,1-5,8,12H2. The lowest BCUT2D eigenvalue weighted by Gasteiger charge is -2.20. The molecule has 0 saturated carbocycles. The van der Waals surface area contributed by atoms with Crippen LogP contribution in [0.3, 0.4) is 0 Å². The van der Waals surface area contributed by atoms with Crippen molar-refractivity contribution in [1.82, 2.24) is 9.97 Å². The summed E-state index contributed by atoms with van der Waals surface area (Å²) in [6.45, 7) is 2.28. The molecule has 82 valence electrons. The van der Waals surface area contributed by atoms with Gasteiger partial charge in [0.1, 0.15) is 5.82 Å². The fourth-order valence-electron chi connectivity index (χ4n) is 1.82. The van der Waals surface area contributed by atoms with Crippen molar-refractivity contribution in [2.24, 2.45) is 5.73 Å². The van der Waals surface area contributed by atoms with Crippen molar-refractivity contribution in [1.29, 1.82) is 0 Å². The van der Waals surface area contributed by atoms with Gasteiger partial charge in [0.15, 0.2) is 0 Å². The maximum atomic E-state index is 5.47. The summed E-state index contributed by atoms with van der Waals surface area (Å²) in [7, 11) is 0. The molecule has 2 rings (SSSR count). The summed E-state index contributed by atoms with van der Waals surface area (Å²) in [4.78, 5) is 8.75. The number of nitrogens with zero attached hydrogens (tertiary/aromatic N) is 2. The van der Waals surface area contributed by atoms with E-state index in [-0.39, 0.29) is 0 Å². The normalized spacial score (nSPS) is 21.5. The second-order valence-electron chi connectivity index (χ2n) is 3.90. The Morgan fingerprint density at radius 1 is 1.40 bits per heavy atom. The smallest absolute Gasteiger partial charge is 0.133 e. The van der Waals surface area contributed by atoms with Gasteiger partial charge in [-0.05, 0) is 31.4 Å². The highest BCUT2D eigenvalue weighted by Gasteiger charge is 2.18. The number of rotatable bonds is 3. The molecule has 1 aromatic heterocycles. The van der Waals surface area contributed by atoms with Gasteiger partial charge < -0.3 is 10.5 Å². The molecular weight excluding hydrogens is 190 g/mol. The summed E-state index contributed by atoms with van der Waals surface area (Å²) in [5, 5.41) is 0. The number of aromatic nitrogens is 2. The Balaban J connectivity index is 2.02. The van der Waals surface area contributed by atoms with Crippen LogP contribution in [0.25, 0.3) is 0 Å². The van der Waals surface area contributed by atoms with Gasteiger partial charge in [-0.25, -0.2) is 9.97 Å². The van der Waals surface area contributed by atoms with E-state index in [2.05, 4.69) is 9.97 Å². The number of ether oxygens (including phenoxy) is 1. The molecule has 0 amide bonds. The first-order valence-electron chi connectivity index (χ1n) is 5.49. The van der Waals surface area contributed by atoms with Gasteiger partial charge in [-0.1, -0.05) is 0 Å². The minimum atomic E-state index is 0.380. The second-order valence-corrected chi connectivity index (χ2v) is 3.90. The largest absolute Gasteiger partial charge is 0.381 e. The predicted octanol–water partition coefficient (Wildman–Crippen LogP) is 0.872. The van der Waals surface area contributed by atoms with Gasteiger partial charge in [0.05, 0.1) is 6.61 Å². The molecule has 0 aromatic carbocycles. The van der Waals surface area contributed by atoms with E-state index in [4.69, 9.17) is 10.5 Å². The van der Waals surface area contributed by atoms with Crippen molar-refractivity contribution in [2.75, 3.05) is 19.8 Å². The van der Waals surface area contributed by atoms with Gasteiger partial charge in [-0.3, -0.25) is 0 Å². The zero-order valence-corrected chi connectivity index (χ0v) is 8.85. The molecule has 2 heterocycles. The highest BCUT2D eigenvalue weighted by atomic mass is 16.5. The lowest BCUT2D eigenvalue weighted by Crippen LogP contribution is -2.18. The molecule has 1 aromatic rings. The van der Waals surface area contributed by atoms with Crippen LogP contribution in [0.1, 0.15) is 30.1 Å². The molecule has 0 radical (unpaired) electrons. The molecule has 1 aliphatic heterocycles. The molecule has 0 bridgehead atoms. The molecule has 4 nitrogen and oxygen atoms in total. The fraction of sp³-hybridized carbons (Fsp3) is 0.636. The number of hydrogen-bond donors (Lipinski definition) is 1. The van der Waals surface area contributed by atoms with Crippen molar-refractivity contribution in [3.05, 3.63) is 23.8 Å². The van der Waals surface area contributed by atoms with Crippen LogP contribution in [0.4, 0.5) is 0 Å². The molecule has 1 fully saturated rings. The van der Waals surface area contributed by atoms with Crippen molar-refractivity contribution in [3.8, 4) is 0 Å². The minimum Gasteiger partial charge on any atom is -0.381 e. The topological polar surface area (TPSA) is 61.0 Å². The van der Waals surface area contributed by atoms with Crippen molar-refractivity contribution < 1.29 is 4.74 Å². The maximum absolute atomic E-state index is 5.47. The Kier molecular flexibility index (Phi) is 3.64. The highest BCUT2D eigenvalue weighted by Crippen LogP contribution is 2.21. The molecule has 1 saturated heterocycles. The predicted molar refractivity (Wildman–Crippen MR) is 57.6 cm³/mol. The zero-order valence-electron chi connectivity index (χ0n) is 8.85. The second kappa shape index (κ2) is 5.19. The third-order valence-electron chi connectivity index (χ3n) is 2.68. The maximum Gasteiger partial charge on any atom is 0.133 e. The summed E-state index contributed by atoms with van der Waals surface area (Å²) >= 11 is 0. The summed E-state index contributed by atoms with van der Waals surface area (Å²) in [5.41, 5.74) is 6.58. The Morgan fingerprint density at radius 2 is 2.20 bits per heavy atom. The van der Waals surface area contributed by atoms with Crippen LogP contribution in [-0.2, 0) is 11.2 Å². The molecule has 15 heavy (non-hydrogen) atoms. The molecule has 0 aliphatic carbocycles. The van der Waals surface area contributed by atoms with E-state index >= 15 is 0 Å². The Morgan fingerprint density at radius 3 is 2.80 bits per heavy atom. The molecule has 1 aliphatic rings. The summed E-state index contributed by atoms with van der Waals surface area (Å²) in [5.74, 6) is 1.29. The van der Waals surface area contributed by atoms with Gasteiger partial charge in [-0.15, -0.1) is 0 Å². The zero-order chi connectivity index (χ0) is 10.5. The van der Waals surface area contributed by atoms with Crippen LogP contribution in [0.15, 0.2) is 12.4 Å². The molecule has 1 atom stereocenters. The first-order chi connectivity index (χ1) is 7.40. The quantitative estimate of drug-likeness (QED) is 0.799. The monoisotopic (exact) mass is 207 g/mol. The average molecular weight is 207 g/mol. The molecule has 4 heteroatoms. The number of nitrogens with two attached hydrogens (primary N) is 1. The minimum absolute atomic E-state index is 0.380. The summed E-state index contributed by atoms with van der Waals surface area (Å²) < 4.78 is 5.41. The highest BCUT2D eigenvalue weighted by molar-refractivity contribution is 5.08. The lowest BCUT2D eigenvalue weighted by atomic mass is 10.0. The van der Waals surface area contributed by atoms with Crippen LogP contribution in [0, 0.1) is 0 Å². The summed E-state index contributed by atoms with van der Waals surface area (Å²) in [6, 6.07) is 0. The van der Waals surface area contributed by atoms with Crippen LogP contribution in [-0.4, -0.2) is 29.7 Å². The number of hydrogen-bond acceptors (Lipinski definition) is 4. The Bertz CT molecular complexity index is 293. The molecule has 0 spiro atoms. The first kappa shape index (κ1) is 10.5. The van der Waals surface area contributed by atoms with E-state index in [1.807, 2.05) is 12.4 Å². The van der Waals surface area contributed by atoms with E-state index in [1.54, 1.807) is 0 Å². The van der Waals surface area contributed by atoms with E-state index in [1.165, 1.54) is 0 Å². The van der Waals surface area contributed by atoms with Gasteiger partial charge in [0.25, 0.3) is 0 Å². The third-order valence-corrected chi connectivity index (χ3v) is 2.68. The fourth-order valence-corrected chi connectivity index (χ4v) is 1.82. The van der Waals surface area contributed by atoms with Gasteiger partial charge in [-0.2, -0.15) is 0 Å². The van der Waals surface area contributed by atoms with E-state index < -0.39 is 0 Å². The van der Waals surface area contributed by atoms with Crippen LogP contribution < -0.4 is 5.73 Å². The van der Waals surface area contributed by atoms with E-state index in [0.29, 0.717) is 12.5 Å². The molecule has 1 unspecified atom stereocenters. The van der Waals surface area contributed by atoms with Gasteiger partial charge in [0, 0.05) is 24.9 Å². The lowest BCUT2D eigenvalue weighted by molar-refractivity contribution is 0.0780. The molecular formula is C11H17N3O. The van der Waals surface area contributed by atoms with Crippen LogP contribution in [0.2, 0.25) is 0 Å². The Hall–Kier alpha value is -1.00. The van der Waals surface area contributed by atoms with Gasteiger partial charge >= 0.3 is 0 Å². The SMILES string of the molecule is NCCc1cnc(C2CCCOC2)nc1. The molecule has 2 N–H and O–H groups in total. The summed E-state index contributed by atoms with van der Waals surface area (Å²) in [6.07, 6.45) is 6.85. The van der Waals surface area contributed by atoms with Crippen LogP contribution in [0.5, 0.6) is 0 Å². The van der Waals surface area contributed by atoms with Gasteiger partial charge in [0.2, 0.25) is 0 Å². The first-order valence-corrected chi connectivity index (χ1v) is 5.49. The van der Waals surface area contributed by atoms with Crippen molar-refractivity contribution in [2.45, 2.75) is 25.2 Å². The average Bonchev–Trinajstić information content (AvgIpc) is 2.32. The van der Waals surface area contributed by atoms with E-state index in [0.717, 1.165) is 43.9 Å².